The van der Waals surface area contributed by atoms with E-state index in [-0.39, 0.29) is 5.97 Å². The maximum atomic E-state index is 11.4. The molecular weight excluding hydrogens is 192 g/mol. The van der Waals surface area contributed by atoms with E-state index in [1.54, 1.807) is 19.2 Å². The number of fused-ring (bicyclic) bond motifs is 1. The van der Waals surface area contributed by atoms with Crippen molar-refractivity contribution < 1.29 is 9.53 Å². The van der Waals surface area contributed by atoms with Gasteiger partial charge in [0.1, 0.15) is 0 Å². The van der Waals surface area contributed by atoms with Crippen molar-refractivity contribution in [2.75, 3.05) is 18.5 Å². The first kappa shape index (κ1) is 9.71. The average Bonchev–Trinajstić information content (AvgIpc) is 2.29. The van der Waals surface area contributed by atoms with Crippen LogP contribution in [0.25, 0.3) is 6.08 Å². The molecule has 2 heterocycles. The summed E-state index contributed by atoms with van der Waals surface area (Å²) in [6.07, 6.45) is 3.47. The highest BCUT2D eigenvalue weighted by atomic mass is 16.5. The van der Waals surface area contributed by atoms with Gasteiger partial charge < -0.3 is 10.1 Å². The van der Waals surface area contributed by atoms with E-state index in [4.69, 9.17) is 4.74 Å². The summed E-state index contributed by atoms with van der Waals surface area (Å²) in [5.74, 6) is -0.277. The van der Waals surface area contributed by atoms with Gasteiger partial charge in [0.2, 0.25) is 0 Å². The Morgan fingerprint density at radius 3 is 3.33 bits per heavy atom. The van der Waals surface area contributed by atoms with Crippen LogP contribution >= 0.6 is 0 Å². The van der Waals surface area contributed by atoms with Crippen LogP contribution in [0, 0.1) is 0 Å². The van der Waals surface area contributed by atoms with Crippen molar-refractivity contribution >= 4 is 17.7 Å². The van der Waals surface area contributed by atoms with Crippen LogP contribution in [0.2, 0.25) is 0 Å². The first-order chi connectivity index (χ1) is 7.31. The first-order valence-electron chi connectivity index (χ1n) is 4.88. The summed E-state index contributed by atoms with van der Waals surface area (Å²) in [6, 6.07) is 3.79. The van der Waals surface area contributed by atoms with E-state index in [1.165, 1.54) is 0 Å². The summed E-state index contributed by atoms with van der Waals surface area (Å²) in [4.78, 5) is 15.6. The van der Waals surface area contributed by atoms with Gasteiger partial charge in [0.05, 0.1) is 23.6 Å². The normalized spacial score (nSPS) is 13.5. The molecule has 1 N–H and O–H groups in total. The molecule has 15 heavy (non-hydrogen) atoms. The number of esters is 1. The molecule has 0 atom stereocenters. The number of aromatic nitrogens is 1. The Morgan fingerprint density at radius 1 is 1.67 bits per heavy atom. The van der Waals surface area contributed by atoms with Crippen LogP contribution in [0.5, 0.6) is 0 Å². The fourth-order valence-electron chi connectivity index (χ4n) is 1.44. The molecule has 1 aliphatic heterocycles. The lowest BCUT2D eigenvalue weighted by molar-refractivity contribution is -0.138. The maximum Gasteiger partial charge on any atom is 0.335 e. The van der Waals surface area contributed by atoms with Crippen molar-refractivity contribution in [3.63, 3.8) is 0 Å². The Balaban J connectivity index is 2.25. The molecule has 0 unspecified atom stereocenters. The monoisotopic (exact) mass is 204 g/mol. The SMILES string of the molecule is CCOC(=O)C1=Cc2ncccc2NC1. The van der Waals surface area contributed by atoms with Crippen molar-refractivity contribution in [1.29, 1.82) is 0 Å². The van der Waals surface area contributed by atoms with Crippen LogP contribution in [0.3, 0.4) is 0 Å². The minimum absolute atomic E-state index is 0.277. The second-order valence-electron chi connectivity index (χ2n) is 3.18. The third kappa shape index (κ3) is 1.98. The molecule has 1 aromatic heterocycles. The first-order valence-corrected chi connectivity index (χ1v) is 4.88. The summed E-state index contributed by atoms with van der Waals surface area (Å²) in [5.41, 5.74) is 2.35. The highest BCUT2D eigenvalue weighted by Crippen LogP contribution is 2.21. The molecule has 0 amide bonds. The zero-order valence-electron chi connectivity index (χ0n) is 8.49. The Bertz CT molecular complexity index is 413. The van der Waals surface area contributed by atoms with Crippen molar-refractivity contribution in [3.8, 4) is 0 Å². The molecule has 1 aliphatic rings. The molecule has 78 valence electrons. The Hall–Kier alpha value is -1.84. The molecule has 0 spiro atoms. The number of nitrogens with one attached hydrogen (secondary N) is 1. The Morgan fingerprint density at radius 2 is 2.53 bits per heavy atom. The van der Waals surface area contributed by atoms with Gasteiger partial charge in [-0.15, -0.1) is 0 Å². The lowest BCUT2D eigenvalue weighted by Crippen LogP contribution is -2.19. The molecule has 1 aromatic rings. The summed E-state index contributed by atoms with van der Waals surface area (Å²) in [6.45, 7) is 2.68. The average molecular weight is 204 g/mol. The van der Waals surface area contributed by atoms with E-state index in [2.05, 4.69) is 10.3 Å². The van der Waals surface area contributed by atoms with Crippen LogP contribution in [0.4, 0.5) is 5.69 Å². The van der Waals surface area contributed by atoms with Gasteiger partial charge in [-0.3, -0.25) is 4.98 Å². The van der Waals surface area contributed by atoms with Gasteiger partial charge in [0, 0.05) is 12.7 Å². The molecule has 0 saturated heterocycles. The minimum Gasteiger partial charge on any atom is -0.463 e. The van der Waals surface area contributed by atoms with E-state index in [0.29, 0.717) is 18.7 Å². The molecule has 0 bridgehead atoms. The van der Waals surface area contributed by atoms with Gasteiger partial charge in [-0.1, -0.05) is 0 Å². The third-order valence-electron chi connectivity index (χ3n) is 2.16. The fraction of sp³-hybridized carbons (Fsp3) is 0.273. The summed E-state index contributed by atoms with van der Waals surface area (Å²) in [5, 5.41) is 3.12. The number of rotatable bonds is 2. The molecule has 0 fully saturated rings. The predicted molar refractivity (Wildman–Crippen MR) is 57.3 cm³/mol. The fourth-order valence-corrected chi connectivity index (χ4v) is 1.44. The highest BCUT2D eigenvalue weighted by molar-refractivity contribution is 5.96. The topological polar surface area (TPSA) is 51.2 Å². The van der Waals surface area contributed by atoms with Crippen LogP contribution in [-0.2, 0) is 9.53 Å². The molecule has 2 rings (SSSR count). The lowest BCUT2D eigenvalue weighted by Gasteiger charge is -2.16. The maximum absolute atomic E-state index is 11.4. The Kier molecular flexibility index (Phi) is 2.67. The van der Waals surface area contributed by atoms with Gasteiger partial charge in [-0.2, -0.15) is 0 Å². The number of hydrogen-bond donors (Lipinski definition) is 1. The van der Waals surface area contributed by atoms with Gasteiger partial charge in [0.25, 0.3) is 0 Å². The van der Waals surface area contributed by atoms with Crippen LogP contribution < -0.4 is 5.32 Å². The smallest absolute Gasteiger partial charge is 0.335 e. The van der Waals surface area contributed by atoms with E-state index >= 15 is 0 Å². The second-order valence-corrected chi connectivity index (χ2v) is 3.18. The number of nitrogens with zero attached hydrogens (tertiary/aromatic N) is 1. The van der Waals surface area contributed by atoms with Crippen molar-refractivity contribution in [2.45, 2.75) is 6.92 Å². The van der Waals surface area contributed by atoms with Crippen molar-refractivity contribution in [3.05, 3.63) is 29.6 Å². The standard InChI is InChI=1S/C11H12N2O2/c1-2-15-11(14)8-6-10-9(13-7-8)4-3-5-12-10/h3-6,13H,2,7H2,1H3. The number of anilines is 1. The molecule has 0 saturated carbocycles. The van der Waals surface area contributed by atoms with Crippen LogP contribution in [-0.4, -0.2) is 24.1 Å². The largest absolute Gasteiger partial charge is 0.463 e. The number of hydrogen-bond acceptors (Lipinski definition) is 4. The van der Waals surface area contributed by atoms with Crippen LogP contribution in [0.1, 0.15) is 12.6 Å². The number of pyridine rings is 1. The predicted octanol–water partition coefficient (Wildman–Crippen LogP) is 1.45. The van der Waals surface area contributed by atoms with Gasteiger partial charge >= 0.3 is 5.97 Å². The summed E-state index contributed by atoms with van der Waals surface area (Å²) in [7, 11) is 0. The van der Waals surface area contributed by atoms with Gasteiger partial charge in [-0.25, -0.2) is 4.79 Å². The lowest BCUT2D eigenvalue weighted by atomic mass is 10.1. The molecule has 0 radical (unpaired) electrons. The highest BCUT2D eigenvalue weighted by Gasteiger charge is 2.16. The van der Waals surface area contributed by atoms with E-state index < -0.39 is 0 Å². The van der Waals surface area contributed by atoms with Gasteiger partial charge in [0.15, 0.2) is 0 Å². The van der Waals surface area contributed by atoms with Crippen molar-refractivity contribution in [2.24, 2.45) is 0 Å². The van der Waals surface area contributed by atoms with Crippen LogP contribution in [0.15, 0.2) is 23.9 Å². The van der Waals surface area contributed by atoms with Gasteiger partial charge in [-0.05, 0) is 25.1 Å². The minimum atomic E-state index is -0.277. The molecule has 4 nitrogen and oxygen atoms in total. The van der Waals surface area contributed by atoms with E-state index in [9.17, 15) is 4.79 Å². The van der Waals surface area contributed by atoms with Crippen molar-refractivity contribution in [1.82, 2.24) is 4.98 Å². The summed E-state index contributed by atoms with van der Waals surface area (Å²) < 4.78 is 4.92. The van der Waals surface area contributed by atoms with E-state index in [1.807, 2.05) is 12.1 Å². The summed E-state index contributed by atoms with van der Waals surface area (Å²) >= 11 is 0. The third-order valence-corrected chi connectivity index (χ3v) is 2.16. The molecule has 4 heteroatoms. The quantitative estimate of drug-likeness (QED) is 0.741. The zero-order chi connectivity index (χ0) is 10.7. The number of carbonyl (C=O) groups excluding carboxylic acids is 1. The molecule has 0 aliphatic carbocycles. The second kappa shape index (κ2) is 4.13. The van der Waals surface area contributed by atoms with E-state index in [0.717, 1.165) is 11.4 Å². The Labute approximate surface area is 88.0 Å². The molecular formula is C11H12N2O2. The molecule has 0 aromatic carbocycles. The number of ether oxygens (including phenoxy) is 1. The zero-order valence-corrected chi connectivity index (χ0v) is 8.49. The number of carbonyl (C=O) groups is 1.